The van der Waals surface area contributed by atoms with E-state index < -0.39 is 5.97 Å². The SMILES string of the molecule is O=C(O)c1ccc(Nc2ccc(Nc3ccccc3)cc2)cc1. The van der Waals surface area contributed by atoms with Crippen LogP contribution in [0.4, 0.5) is 22.7 Å². The van der Waals surface area contributed by atoms with Crippen LogP contribution in [-0.2, 0) is 0 Å². The number of carboxylic acid groups (broad SMARTS) is 1. The van der Waals surface area contributed by atoms with Gasteiger partial charge in [-0.25, -0.2) is 4.79 Å². The number of hydrogen-bond acceptors (Lipinski definition) is 3. The number of para-hydroxylation sites is 1. The second-order valence-electron chi connectivity index (χ2n) is 5.08. The third-order valence-electron chi connectivity index (χ3n) is 3.37. The smallest absolute Gasteiger partial charge is 0.335 e. The molecule has 0 atom stereocenters. The lowest BCUT2D eigenvalue weighted by Gasteiger charge is -2.09. The van der Waals surface area contributed by atoms with E-state index in [9.17, 15) is 4.79 Å². The average Bonchev–Trinajstić information content (AvgIpc) is 2.58. The largest absolute Gasteiger partial charge is 0.478 e. The second-order valence-corrected chi connectivity index (χ2v) is 5.08. The number of carboxylic acids is 1. The van der Waals surface area contributed by atoms with Crippen LogP contribution in [0.25, 0.3) is 0 Å². The van der Waals surface area contributed by atoms with Gasteiger partial charge in [-0.05, 0) is 60.7 Å². The molecular formula is C19H16N2O2. The van der Waals surface area contributed by atoms with Crippen LogP contribution in [0.2, 0.25) is 0 Å². The summed E-state index contributed by atoms with van der Waals surface area (Å²) in [5, 5.41) is 15.5. The van der Waals surface area contributed by atoms with Gasteiger partial charge in [-0.15, -0.1) is 0 Å². The average molecular weight is 304 g/mol. The van der Waals surface area contributed by atoms with E-state index in [0.717, 1.165) is 22.7 Å². The molecule has 0 unspecified atom stereocenters. The van der Waals surface area contributed by atoms with E-state index in [1.807, 2.05) is 54.6 Å². The van der Waals surface area contributed by atoms with Gasteiger partial charge in [0.2, 0.25) is 0 Å². The van der Waals surface area contributed by atoms with Crippen molar-refractivity contribution in [1.29, 1.82) is 0 Å². The van der Waals surface area contributed by atoms with Crippen LogP contribution in [0.15, 0.2) is 78.9 Å². The number of anilines is 4. The predicted molar refractivity (Wildman–Crippen MR) is 92.9 cm³/mol. The Morgan fingerprint density at radius 3 is 1.43 bits per heavy atom. The molecule has 114 valence electrons. The van der Waals surface area contributed by atoms with Gasteiger partial charge in [0.25, 0.3) is 0 Å². The summed E-state index contributed by atoms with van der Waals surface area (Å²) in [5.41, 5.74) is 4.10. The molecule has 0 aliphatic carbocycles. The Labute approximate surface area is 134 Å². The topological polar surface area (TPSA) is 61.4 Å². The van der Waals surface area contributed by atoms with Gasteiger partial charge in [0.15, 0.2) is 0 Å². The molecule has 4 nitrogen and oxygen atoms in total. The first-order valence-corrected chi connectivity index (χ1v) is 7.23. The molecule has 3 rings (SSSR count). The highest BCUT2D eigenvalue weighted by molar-refractivity contribution is 5.88. The Kier molecular flexibility index (Phi) is 4.25. The molecule has 0 fully saturated rings. The van der Waals surface area contributed by atoms with Gasteiger partial charge in [0, 0.05) is 22.7 Å². The maximum absolute atomic E-state index is 10.8. The van der Waals surface area contributed by atoms with Crippen LogP contribution in [0.1, 0.15) is 10.4 Å². The molecular weight excluding hydrogens is 288 g/mol. The summed E-state index contributed by atoms with van der Waals surface area (Å²) in [6, 6.07) is 24.5. The highest BCUT2D eigenvalue weighted by atomic mass is 16.4. The van der Waals surface area contributed by atoms with Crippen molar-refractivity contribution in [3.8, 4) is 0 Å². The van der Waals surface area contributed by atoms with E-state index in [-0.39, 0.29) is 5.56 Å². The third-order valence-corrected chi connectivity index (χ3v) is 3.37. The molecule has 23 heavy (non-hydrogen) atoms. The van der Waals surface area contributed by atoms with Gasteiger partial charge in [0.05, 0.1) is 5.56 Å². The molecule has 0 spiro atoms. The van der Waals surface area contributed by atoms with Crippen LogP contribution in [0, 0.1) is 0 Å². The molecule has 0 aliphatic heterocycles. The minimum absolute atomic E-state index is 0.276. The Hall–Kier alpha value is -3.27. The molecule has 0 radical (unpaired) electrons. The van der Waals surface area contributed by atoms with Gasteiger partial charge in [-0.3, -0.25) is 0 Å². The minimum atomic E-state index is -0.923. The third kappa shape index (κ3) is 3.89. The molecule has 0 bridgehead atoms. The van der Waals surface area contributed by atoms with Crippen LogP contribution in [0.5, 0.6) is 0 Å². The van der Waals surface area contributed by atoms with Crippen LogP contribution in [0.3, 0.4) is 0 Å². The molecule has 3 aromatic rings. The molecule has 3 aromatic carbocycles. The van der Waals surface area contributed by atoms with E-state index in [1.165, 1.54) is 0 Å². The molecule has 0 saturated carbocycles. The maximum Gasteiger partial charge on any atom is 0.335 e. The van der Waals surface area contributed by atoms with Crippen molar-refractivity contribution in [2.75, 3.05) is 10.6 Å². The van der Waals surface area contributed by atoms with Crippen LogP contribution in [-0.4, -0.2) is 11.1 Å². The first-order chi connectivity index (χ1) is 11.2. The summed E-state index contributed by atoms with van der Waals surface area (Å²) in [7, 11) is 0. The highest BCUT2D eigenvalue weighted by Crippen LogP contribution is 2.21. The first kappa shape index (κ1) is 14.7. The summed E-state index contributed by atoms with van der Waals surface area (Å²) in [6.45, 7) is 0. The molecule has 4 heteroatoms. The Morgan fingerprint density at radius 1 is 0.609 bits per heavy atom. The van der Waals surface area contributed by atoms with Crippen molar-refractivity contribution in [1.82, 2.24) is 0 Å². The Bertz CT molecular complexity index is 782. The fourth-order valence-corrected chi connectivity index (χ4v) is 2.19. The van der Waals surface area contributed by atoms with Crippen molar-refractivity contribution in [2.45, 2.75) is 0 Å². The van der Waals surface area contributed by atoms with Crippen LogP contribution < -0.4 is 10.6 Å². The molecule has 3 N–H and O–H groups in total. The quantitative estimate of drug-likeness (QED) is 0.629. The summed E-state index contributed by atoms with van der Waals surface area (Å²) < 4.78 is 0. The lowest BCUT2D eigenvalue weighted by atomic mass is 10.2. The fraction of sp³-hybridized carbons (Fsp3) is 0. The number of rotatable bonds is 5. The van der Waals surface area contributed by atoms with Gasteiger partial charge in [-0.2, -0.15) is 0 Å². The number of benzene rings is 3. The van der Waals surface area contributed by atoms with Gasteiger partial charge >= 0.3 is 5.97 Å². The maximum atomic E-state index is 10.8. The zero-order valence-corrected chi connectivity index (χ0v) is 12.4. The molecule has 0 heterocycles. The molecule has 0 aliphatic rings. The van der Waals surface area contributed by atoms with E-state index in [4.69, 9.17) is 5.11 Å². The minimum Gasteiger partial charge on any atom is -0.478 e. The lowest BCUT2D eigenvalue weighted by Crippen LogP contribution is -1.96. The zero-order chi connectivity index (χ0) is 16.1. The van der Waals surface area contributed by atoms with Gasteiger partial charge in [-0.1, -0.05) is 18.2 Å². The second kappa shape index (κ2) is 6.66. The molecule has 0 aromatic heterocycles. The number of nitrogens with one attached hydrogen (secondary N) is 2. The van der Waals surface area contributed by atoms with Crippen molar-refractivity contribution in [3.05, 3.63) is 84.4 Å². The summed E-state index contributed by atoms with van der Waals surface area (Å²) >= 11 is 0. The normalized spacial score (nSPS) is 10.1. The first-order valence-electron chi connectivity index (χ1n) is 7.23. The summed E-state index contributed by atoms with van der Waals surface area (Å²) in [6.07, 6.45) is 0. The standard InChI is InChI=1S/C19H16N2O2/c22-19(23)14-6-8-16(9-7-14)21-18-12-10-17(11-13-18)20-15-4-2-1-3-5-15/h1-13,20-21H,(H,22,23). The van der Waals surface area contributed by atoms with E-state index in [0.29, 0.717) is 0 Å². The van der Waals surface area contributed by atoms with Crippen LogP contribution >= 0.6 is 0 Å². The van der Waals surface area contributed by atoms with Gasteiger partial charge < -0.3 is 15.7 Å². The molecule has 0 amide bonds. The summed E-state index contributed by atoms with van der Waals surface area (Å²) in [5.74, 6) is -0.923. The highest BCUT2D eigenvalue weighted by Gasteiger charge is 2.02. The van der Waals surface area contributed by atoms with E-state index >= 15 is 0 Å². The van der Waals surface area contributed by atoms with Crippen molar-refractivity contribution in [2.24, 2.45) is 0 Å². The number of hydrogen-bond donors (Lipinski definition) is 3. The molecule has 0 saturated heterocycles. The number of aromatic carboxylic acids is 1. The predicted octanol–water partition coefficient (Wildman–Crippen LogP) is 4.87. The van der Waals surface area contributed by atoms with E-state index in [2.05, 4.69) is 10.6 Å². The zero-order valence-electron chi connectivity index (χ0n) is 12.4. The fourth-order valence-electron chi connectivity index (χ4n) is 2.19. The Morgan fingerprint density at radius 2 is 1.00 bits per heavy atom. The summed E-state index contributed by atoms with van der Waals surface area (Å²) in [4.78, 5) is 10.8. The monoisotopic (exact) mass is 304 g/mol. The van der Waals surface area contributed by atoms with Crippen molar-refractivity contribution < 1.29 is 9.90 Å². The number of carbonyl (C=O) groups is 1. The Balaban J connectivity index is 1.66. The van der Waals surface area contributed by atoms with E-state index in [1.54, 1.807) is 24.3 Å². The van der Waals surface area contributed by atoms with Crippen molar-refractivity contribution >= 4 is 28.7 Å². The van der Waals surface area contributed by atoms with Gasteiger partial charge in [0.1, 0.15) is 0 Å². The van der Waals surface area contributed by atoms with Crippen molar-refractivity contribution in [3.63, 3.8) is 0 Å². The lowest BCUT2D eigenvalue weighted by molar-refractivity contribution is 0.0697.